The van der Waals surface area contributed by atoms with Gasteiger partial charge in [-0.1, -0.05) is 24.2 Å². The van der Waals surface area contributed by atoms with Crippen molar-refractivity contribution in [3.05, 3.63) is 29.3 Å². The Morgan fingerprint density at radius 3 is 2.48 bits per heavy atom. The lowest BCUT2D eigenvalue weighted by Crippen LogP contribution is -2.15. The van der Waals surface area contributed by atoms with Gasteiger partial charge < -0.3 is 4.84 Å². The smallest absolute Gasteiger partial charge is 0.386 e. The average molecular weight is 323 g/mol. The van der Waals surface area contributed by atoms with E-state index in [9.17, 15) is 21.6 Å². The predicted molar refractivity (Wildman–Crippen MR) is 73.1 cm³/mol. The third kappa shape index (κ3) is 5.04. The molecule has 0 aliphatic rings. The third-order valence-corrected chi connectivity index (χ3v) is 4.62. The van der Waals surface area contributed by atoms with Crippen molar-refractivity contribution >= 4 is 15.5 Å². The molecule has 0 spiro atoms. The van der Waals surface area contributed by atoms with Gasteiger partial charge in [-0.25, -0.2) is 8.42 Å². The lowest BCUT2D eigenvalue weighted by Gasteiger charge is -2.09. The van der Waals surface area contributed by atoms with Gasteiger partial charge in [0.25, 0.3) is 0 Å². The molecule has 0 saturated heterocycles. The number of benzene rings is 1. The summed E-state index contributed by atoms with van der Waals surface area (Å²) >= 11 is 0. The van der Waals surface area contributed by atoms with E-state index in [-0.39, 0.29) is 16.4 Å². The second-order valence-corrected chi connectivity index (χ2v) is 6.70. The highest BCUT2D eigenvalue weighted by molar-refractivity contribution is 7.91. The zero-order valence-electron chi connectivity index (χ0n) is 11.9. The zero-order chi connectivity index (χ0) is 16.3. The van der Waals surface area contributed by atoms with Gasteiger partial charge in [0.05, 0.1) is 16.4 Å². The number of hydrogen-bond donors (Lipinski definition) is 0. The summed E-state index contributed by atoms with van der Waals surface area (Å²) < 4.78 is 59.7. The first-order chi connectivity index (χ1) is 9.57. The number of halogens is 3. The predicted octanol–water partition coefficient (Wildman–Crippen LogP) is 3.09. The highest BCUT2D eigenvalue weighted by atomic mass is 32.2. The number of sulfone groups is 1. The highest BCUT2D eigenvalue weighted by Crippen LogP contribution is 2.19. The lowest BCUT2D eigenvalue weighted by molar-refractivity contribution is -0.173. The van der Waals surface area contributed by atoms with Gasteiger partial charge >= 0.3 is 6.18 Å². The summed E-state index contributed by atoms with van der Waals surface area (Å²) in [6.45, 7) is 3.13. The molecule has 0 aliphatic heterocycles. The molecule has 1 aromatic rings. The average Bonchev–Trinajstić information content (AvgIpc) is 2.37. The van der Waals surface area contributed by atoms with Gasteiger partial charge in [-0.3, -0.25) is 0 Å². The van der Waals surface area contributed by atoms with E-state index in [1.807, 2.05) is 0 Å². The third-order valence-electron chi connectivity index (χ3n) is 2.75. The summed E-state index contributed by atoms with van der Waals surface area (Å²) in [7, 11) is -3.40. The van der Waals surface area contributed by atoms with Crippen molar-refractivity contribution < 1.29 is 26.4 Å². The van der Waals surface area contributed by atoms with Gasteiger partial charge in [-0.15, -0.1) is 0 Å². The lowest BCUT2D eigenvalue weighted by atomic mass is 10.1. The van der Waals surface area contributed by atoms with E-state index in [0.717, 1.165) is 0 Å². The van der Waals surface area contributed by atoms with Crippen LogP contribution in [0.3, 0.4) is 0 Å². The number of hydrogen-bond acceptors (Lipinski definition) is 4. The molecule has 0 aliphatic carbocycles. The first kappa shape index (κ1) is 17.5. The molecule has 0 aromatic heterocycles. The molecule has 0 fully saturated rings. The Morgan fingerprint density at radius 2 is 1.95 bits per heavy atom. The molecule has 4 nitrogen and oxygen atoms in total. The Bertz CT molecular complexity index is 637. The molecule has 8 heteroatoms. The molecule has 0 radical (unpaired) electrons. The van der Waals surface area contributed by atoms with Crippen LogP contribution in [0.15, 0.2) is 28.3 Å². The highest BCUT2D eigenvalue weighted by Gasteiger charge is 2.28. The quantitative estimate of drug-likeness (QED) is 0.618. The number of aryl methyl sites for hydroxylation is 1. The van der Waals surface area contributed by atoms with Crippen molar-refractivity contribution in [2.45, 2.75) is 31.8 Å². The van der Waals surface area contributed by atoms with Crippen LogP contribution in [-0.4, -0.2) is 32.7 Å². The molecule has 0 heterocycles. The van der Waals surface area contributed by atoms with E-state index >= 15 is 0 Å². The normalized spacial score (nSPS) is 13.3. The van der Waals surface area contributed by atoms with Gasteiger partial charge in [0, 0.05) is 5.56 Å². The second-order valence-electron chi connectivity index (χ2n) is 4.45. The maximum atomic E-state index is 12.0. The van der Waals surface area contributed by atoms with Crippen molar-refractivity contribution in [2.75, 3.05) is 12.4 Å². The van der Waals surface area contributed by atoms with E-state index in [0.29, 0.717) is 11.1 Å². The Balaban J connectivity index is 3.05. The molecule has 1 aromatic carbocycles. The fourth-order valence-corrected chi connectivity index (χ4v) is 2.75. The summed E-state index contributed by atoms with van der Waals surface area (Å²) in [5.74, 6) is -0.0575. The Kier molecular flexibility index (Phi) is 5.38. The minimum atomic E-state index is -4.46. The molecule has 0 unspecified atom stereocenters. The Labute approximate surface area is 121 Å². The molecular weight excluding hydrogens is 307 g/mol. The number of nitrogens with zero attached hydrogens (tertiary/aromatic N) is 1. The molecule has 21 heavy (non-hydrogen) atoms. The van der Waals surface area contributed by atoms with Gasteiger partial charge in [0.15, 0.2) is 9.84 Å². The topological polar surface area (TPSA) is 55.7 Å². The van der Waals surface area contributed by atoms with Gasteiger partial charge in [0.2, 0.25) is 6.61 Å². The first-order valence-electron chi connectivity index (χ1n) is 6.14. The van der Waals surface area contributed by atoms with E-state index in [1.54, 1.807) is 19.1 Å². The van der Waals surface area contributed by atoms with Crippen molar-refractivity contribution in [1.29, 1.82) is 0 Å². The van der Waals surface area contributed by atoms with Crippen LogP contribution in [0.5, 0.6) is 0 Å². The maximum absolute atomic E-state index is 12.0. The van der Waals surface area contributed by atoms with Crippen LogP contribution in [0.25, 0.3) is 0 Å². The van der Waals surface area contributed by atoms with Crippen LogP contribution in [-0.2, 0) is 14.7 Å². The molecule has 1 rings (SSSR count). The minimum Gasteiger partial charge on any atom is -0.386 e. The van der Waals surface area contributed by atoms with Crippen molar-refractivity contribution in [2.24, 2.45) is 5.16 Å². The van der Waals surface area contributed by atoms with Crippen LogP contribution >= 0.6 is 0 Å². The van der Waals surface area contributed by atoms with Crippen molar-refractivity contribution in [3.8, 4) is 0 Å². The molecule has 0 atom stereocenters. The molecule has 0 N–H and O–H groups in total. The molecule has 0 amide bonds. The summed E-state index contributed by atoms with van der Waals surface area (Å²) in [6.07, 6.45) is -4.46. The summed E-state index contributed by atoms with van der Waals surface area (Å²) in [4.78, 5) is 4.36. The van der Waals surface area contributed by atoms with E-state index in [2.05, 4.69) is 9.99 Å². The SMILES string of the molecule is CCS(=O)(=O)c1cc(/C(C)=N/OCC(F)(F)F)ccc1C. The van der Waals surface area contributed by atoms with Crippen molar-refractivity contribution in [1.82, 2.24) is 0 Å². The van der Waals surface area contributed by atoms with Gasteiger partial charge in [0.1, 0.15) is 0 Å². The minimum absolute atomic E-state index is 0.0575. The number of alkyl halides is 3. The van der Waals surface area contributed by atoms with Crippen LogP contribution in [0.4, 0.5) is 13.2 Å². The summed E-state index contributed by atoms with van der Waals surface area (Å²) in [5, 5.41) is 3.36. The summed E-state index contributed by atoms with van der Waals surface area (Å²) in [6, 6.07) is 4.56. The van der Waals surface area contributed by atoms with E-state index in [4.69, 9.17) is 0 Å². The van der Waals surface area contributed by atoms with Crippen LogP contribution in [0.1, 0.15) is 25.0 Å². The number of rotatable bonds is 5. The fraction of sp³-hybridized carbons (Fsp3) is 0.462. The van der Waals surface area contributed by atoms with E-state index < -0.39 is 22.6 Å². The largest absolute Gasteiger partial charge is 0.425 e. The molecule has 0 bridgehead atoms. The van der Waals surface area contributed by atoms with Gasteiger partial charge in [-0.05, 0) is 25.5 Å². The van der Waals surface area contributed by atoms with E-state index in [1.165, 1.54) is 19.9 Å². The fourth-order valence-electron chi connectivity index (χ4n) is 1.57. The monoisotopic (exact) mass is 323 g/mol. The molecular formula is C13H16F3NO3S. The Hall–Kier alpha value is -1.57. The van der Waals surface area contributed by atoms with Crippen molar-refractivity contribution in [3.63, 3.8) is 0 Å². The summed E-state index contributed by atoms with van der Waals surface area (Å²) in [5.41, 5.74) is 1.14. The number of oxime groups is 1. The van der Waals surface area contributed by atoms with Crippen LogP contribution in [0.2, 0.25) is 0 Å². The standard InChI is InChI=1S/C13H16F3NO3S/c1-4-21(18,19)12-7-11(6-5-9(12)2)10(3)17-20-8-13(14,15)16/h5-7H,4,8H2,1-3H3/b17-10+. The second kappa shape index (κ2) is 6.46. The van der Waals surface area contributed by atoms with Crippen LogP contribution < -0.4 is 0 Å². The molecule has 0 saturated carbocycles. The Morgan fingerprint density at radius 1 is 1.33 bits per heavy atom. The van der Waals surface area contributed by atoms with Gasteiger partial charge in [-0.2, -0.15) is 13.2 Å². The maximum Gasteiger partial charge on any atom is 0.425 e. The molecule has 118 valence electrons. The zero-order valence-corrected chi connectivity index (χ0v) is 12.7. The van der Waals surface area contributed by atoms with Crippen LogP contribution in [0, 0.1) is 6.92 Å². The first-order valence-corrected chi connectivity index (χ1v) is 7.79.